The maximum Gasteiger partial charge on any atom is 0.0701 e. The summed E-state index contributed by atoms with van der Waals surface area (Å²) in [6.07, 6.45) is 0. The normalized spacial score (nSPS) is 13.1. The summed E-state index contributed by atoms with van der Waals surface area (Å²) in [4.78, 5) is 0. The van der Waals surface area contributed by atoms with Crippen LogP contribution in [0.2, 0.25) is 26.2 Å². The molecular formula is C53H52Si4. The standard InChI is InChI=1S/C53H52Si4/c1-54-49-29-13-41(14-30-49)37-5-21-45(22-6-37)53(46-23-7-38(8-24-46)42-15-31-50(55-2)32-16-42,47-25-9-39(10-26-47)43-17-33-51(56-3)34-18-43)48-27-11-40(12-28-48)44-19-35-52(57-4)36-20-44/h5-36H,54-57H2,1-4H3. The van der Waals surface area contributed by atoms with Crippen molar-refractivity contribution < 1.29 is 0 Å². The fourth-order valence-corrected chi connectivity index (χ4v) is 11.2. The molecule has 4 heteroatoms. The first-order chi connectivity index (χ1) is 28.0. The van der Waals surface area contributed by atoms with E-state index in [2.05, 4.69) is 220 Å². The zero-order chi connectivity index (χ0) is 39.2. The van der Waals surface area contributed by atoms with E-state index >= 15 is 0 Å². The quantitative estimate of drug-likeness (QED) is 0.0867. The third-order valence-corrected chi connectivity index (χ3v) is 17.2. The van der Waals surface area contributed by atoms with E-state index in [-0.39, 0.29) is 38.1 Å². The second kappa shape index (κ2) is 17.4. The van der Waals surface area contributed by atoms with Gasteiger partial charge in [-0.3, -0.25) is 0 Å². The molecular weight excluding hydrogens is 749 g/mol. The predicted octanol–water partition coefficient (Wildman–Crippen LogP) is 8.11. The third-order valence-electron chi connectivity index (χ3n) is 12.1. The average molecular weight is 801 g/mol. The van der Waals surface area contributed by atoms with Gasteiger partial charge in [0.25, 0.3) is 0 Å². The molecule has 0 aromatic heterocycles. The molecule has 0 saturated heterocycles. The molecule has 0 bridgehead atoms. The molecule has 0 heterocycles. The van der Waals surface area contributed by atoms with Crippen LogP contribution in [-0.4, -0.2) is 38.1 Å². The highest BCUT2D eigenvalue weighted by molar-refractivity contribution is 6.53. The molecule has 8 aromatic rings. The molecule has 0 aliphatic heterocycles. The summed E-state index contributed by atoms with van der Waals surface area (Å²) in [7, 11) is -0.739. The van der Waals surface area contributed by atoms with Crippen molar-refractivity contribution in [3.05, 3.63) is 216 Å². The number of hydrogen-bond donors (Lipinski definition) is 0. The van der Waals surface area contributed by atoms with E-state index in [1.807, 2.05) is 0 Å². The van der Waals surface area contributed by atoms with Crippen molar-refractivity contribution in [2.45, 2.75) is 31.6 Å². The fraction of sp³-hybridized carbons (Fsp3) is 0.0943. The van der Waals surface area contributed by atoms with E-state index in [0.717, 1.165) is 0 Å². The van der Waals surface area contributed by atoms with Gasteiger partial charge in [-0.15, -0.1) is 0 Å². The van der Waals surface area contributed by atoms with Gasteiger partial charge >= 0.3 is 0 Å². The molecule has 0 nitrogen and oxygen atoms in total. The lowest BCUT2D eigenvalue weighted by atomic mass is 9.64. The predicted molar refractivity (Wildman–Crippen MR) is 263 cm³/mol. The summed E-state index contributed by atoms with van der Waals surface area (Å²) in [6, 6.07) is 74.5. The van der Waals surface area contributed by atoms with Gasteiger partial charge in [0.2, 0.25) is 0 Å². The lowest BCUT2D eigenvalue weighted by molar-refractivity contribution is 0.745. The van der Waals surface area contributed by atoms with Crippen LogP contribution in [0.15, 0.2) is 194 Å². The molecule has 0 unspecified atom stereocenters. The summed E-state index contributed by atoms with van der Waals surface area (Å²) >= 11 is 0. The first-order valence-electron chi connectivity index (χ1n) is 20.8. The van der Waals surface area contributed by atoms with Gasteiger partial charge in [0, 0.05) is 0 Å². The van der Waals surface area contributed by atoms with Crippen molar-refractivity contribution in [1.82, 2.24) is 0 Å². The van der Waals surface area contributed by atoms with Gasteiger partial charge in [-0.1, -0.05) is 241 Å². The number of hydrogen-bond acceptors (Lipinski definition) is 0. The zero-order valence-corrected chi connectivity index (χ0v) is 39.5. The highest BCUT2D eigenvalue weighted by Gasteiger charge is 2.38. The van der Waals surface area contributed by atoms with Crippen LogP contribution < -0.4 is 20.7 Å². The van der Waals surface area contributed by atoms with Crippen molar-refractivity contribution >= 4 is 58.8 Å². The van der Waals surface area contributed by atoms with E-state index < -0.39 is 5.41 Å². The maximum atomic E-state index is 2.38. The van der Waals surface area contributed by atoms with Gasteiger partial charge in [0.1, 0.15) is 0 Å². The maximum absolute atomic E-state index is 2.38. The Balaban J connectivity index is 1.31. The molecule has 0 atom stereocenters. The Labute approximate surface area is 349 Å². The lowest BCUT2D eigenvalue weighted by Crippen LogP contribution is -2.31. The van der Waals surface area contributed by atoms with E-state index in [9.17, 15) is 0 Å². The van der Waals surface area contributed by atoms with Gasteiger partial charge in [-0.25, -0.2) is 0 Å². The van der Waals surface area contributed by atoms with E-state index in [1.54, 1.807) is 0 Å². The molecule has 57 heavy (non-hydrogen) atoms. The molecule has 0 spiro atoms. The van der Waals surface area contributed by atoms with Crippen molar-refractivity contribution in [2.24, 2.45) is 0 Å². The van der Waals surface area contributed by atoms with Crippen LogP contribution >= 0.6 is 0 Å². The Morgan fingerprint density at radius 3 is 0.491 bits per heavy atom. The highest BCUT2D eigenvalue weighted by Crippen LogP contribution is 2.47. The molecule has 280 valence electrons. The monoisotopic (exact) mass is 800 g/mol. The van der Waals surface area contributed by atoms with Crippen LogP contribution in [0, 0.1) is 0 Å². The SMILES string of the molecule is C[SiH2]c1ccc(-c2ccc(C(c3ccc(-c4ccc([SiH2]C)cc4)cc3)(c3ccc(-c4ccc([SiH2]C)cc4)cc3)c3ccc(-c4ccc([SiH2]C)cc4)cc3)cc2)cc1. The van der Waals surface area contributed by atoms with Crippen LogP contribution in [0.5, 0.6) is 0 Å². The van der Waals surface area contributed by atoms with Crippen molar-refractivity contribution in [3.8, 4) is 44.5 Å². The summed E-state index contributed by atoms with van der Waals surface area (Å²) in [5.41, 5.74) is 14.5. The highest BCUT2D eigenvalue weighted by atomic mass is 28.2. The number of benzene rings is 8. The second-order valence-electron chi connectivity index (χ2n) is 15.3. The molecule has 0 saturated carbocycles. The Kier molecular flexibility index (Phi) is 11.8. The van der Waals surface area contributed by atoms with Crippen molar-refractivity contribution in [2.75, 3.05) is 0 Å². The molecule has 0 aliphatic rings. The summed E-state index contributed by atoms with van der Waals surface area (Å²) in [5.74, 6) is 0. The fourth-order valence-electron chi connectivity index (χ4n) is 8.38. The molecule has 8 aromatic carbocycles. The van der Waals surface area contributed by atoms with E-state index in [0.29, 0.717) is 0 Å². The Hall–Kier alpha value is -5.37. The van der Waals surface area contributed by atoms with Crippen LogP contribution in [0.4, 0.5) is 0 Å². The molecule has 0 fully saturated rings. The van der Waals surface area contributed by atoms with Crippen molar-refractivity contribution in [3.63, 3.8) is 0 Å². The first-order valence-corrected chi connectivity index (χ1v) is 29.3. The van der Waals surface area contributed by atoms with Gasteiger partial charge < -0.3 is 0 Å². The molecule has 0 aliphatic carbocycles. The Bertz CT molecular complexity index is 2150. The Morgan fingerprint density at radius 1 is 0.211 bits per heavy atom. The van der Waals surface area contributed by atoms with E-state index in [1.165, 1.54) is 87.5 Å². The largest absolute Gasteiger partial charge is 0.0708 e. The third kappa shape index (κ3) is 7.96. The topological polar surface area (TPSA) is 0 Å². The van der Waals surface area contributed by atoms with Gasteiger partial charge in [-0.05, 0) is 66.8 Å². The lowest BCUT2D eigenvalue weighted by Gasteiger charge is -2.37. The van der Waals surface area contributed by atoms with Crippen LogP contribution in [0.3, 0.4) is 0 Å². The summed E-state index contributed by atoms with van der Waals surface area (Å²) < 4.78 is 0. The smallest absolute Gasteiger partial charge is 0.0701 e. The van der Waals surface area contributed by atoms with Gasteiger partial charge in [0.15, 0.2) is 0 Å². The van der Waals surface area contributed by atoms with Crippen LogP contribution in [0.1, 0.15) is 22.3 Å². The first kappa shape index (κ1) is 38.5. The summed E-state index contributed by atoms with van der Waals surface area (Å²) in [6.45, 7) is 9.41. The average Bonchev–Trinajstić information content (AvgIpc) is 3.30. The van der Waals surface area contributed by atoms with Gasteiger partial charge in [0.05, 0.1) is 43.5 Å². The minimum absolute atomic E-state index is 0.185. The Morgan fingerprint density at radius 2 is 0.351 bits per heavy atom. The van der Waals surface area contributed by atoms with Gasteiger partial charge in [-0.2, -0.15) is 0 Å². The second-order valence-corrected chi connectivity index (χ2v) is 21.4. The molecule has 8 rings (SSSR count). The van der Waals surface area contributed by atoms with Crippen LogP contribution in [-0.2, 0) is 5.41 Å². The minimum atomic E-state index is -0.571. The number of rotatable bonds is 12. The van der Waals surface area contributed by atoms with E-state index in [4.69, 9.17) is 0 Å². The van der Waals surface area contributed by atoms with Crippen LogP contribution in [0.25, 0.3) is 44.5 Å². The minimum Gasteiger partial charge on any atom is -0.0708 e. The van der Waals surface area contributed by atoms with Crippen molar-refractivity contribution in [1.29, 1.82) is 0 Å². The summed E-state index contributed by atoms with van der Waals surface area (Å²) in [5, 5.41) is 6.00. The zero-order valence-electron chi connectivity index (χ0n) is 33.8. The molecule has 0 radical (unpaired) electrons. The molecule has 0 amide bonds. The molecule has 0 N–H and O–H groups in total.